The third-order valence-corrected chi connectivity index (χ3v) is 5.92. The number of fused-ring (bicyclic) bond motifs is 1. The summed E-state index contributed by atoms with van der Waals surface area (Å²) in [5.41, 5.74) is 1.78. The molecule has 4 rings (SSSR count). The van der Waals surface area contributed by atoms with Crippen LogP contribution in [0.5, 0.6) is 0 Å². The third-order valence-electron chi connectivity index (χ3n) is 4.34. The summed E-state index contributed by atoms with van der Waals surface area (Å²) < 4.78 is 32.9. The van der Waals surface area contributed by atoms with Crippen molar-refractivity contribution in [3.8, 4) is 0 Å². The highest BCUT2D eigenvalue weighted by Gasteiger charge is 2.19. The lowest BCUT2D eigenvalue weighted by atomic mass is 10.1. The Balaban J connectivity index is 1.50. The molecule has 2 aromatic carbocycles. The Morgan fingerprint density at radius 2 is 1.73 bits per heavy atom. The van der Waals surface area contributed by atoms with Crippen molar-refractivity contribution < 1.29 is 17.6 Å². The summed E-state index contributed by atoms with van der Waals surface area (Å²) in [6.07, 6.45) is 0. The van der Waals surface area contributed by atoms with Crippen LogP contribution in [0.25, 0.3) is 11.0 Å². The first-order valence-electron chi connectivity index (χ1n) is 8.75. The van der Waals surface area contributed by atoms with E-state index in [0.29, 0.717) is 11.3 Å². The van der Waals surface area contributed by atoms with Gasteiger partial charge in [-0.3, -0.25) is 9.52 Å². The SMILES string of the molecule is Cc1c(C(=O)Nc2ccc(S(=O)(=O)Nc3ccc(Cl)nn3)cc2)oc2ccccc12. The molecular weight excluding hydrogens is 428 g/mol. The van der Waals surface area contributed by atoms with Crippen molar-refractivity contribution in [1.82, 2.24) is 10.2 Å². The van der Waals surface area contributed by atoms with Gasteiger partial charge in [0.25, 0.3) is 15.9 Å². The number of amides is 1. The number of halogens is 1. The van der Waals surface area contributed by atoms with Crippen LogP contribution in [0.15, 0.2) is 70.0 Å². The van der Waals surface area contributed by atoms with Gasteiger partial charge in [-0.15, -0.1) is 10.2 Å². The highest BCUT2D eigenvalue weighted by atomic mass is 35.5. The highest BCUT2D eigenvalue weighted by molar-refractivity contribution is 7.92. The number of aromatic nitrogens is 2. The first kappa shape index (κ1) is 19.9. The van der Waals surface area contributed by atoms with Gasteiger partial charge in [-0.1, -0.05) is 29.8 Å². The van der Waals surface area contributed by atoms with Crippen LogP contribution in [0.2, 0.25) is 5.15 Å². The molecule has 10 heteroatoms. The quantitative estimate of drug-likeness (QED) is 0.477. The van der Waals surface area contributed by atoms with Crippen LogP contribution >= 0.6 is 11.6 Å². The molecule has 1 amide bonds. The van der Waals surface area contributed by atoms with E-state index in [9.17, 15) is 13.2 Å². The minimum Gasteiger partial charge on any atom is -0.451 e. The lowest BCUT2D eigenvalue weighted by Crippen LogP contribution is -2.15. The van der Waals surface area contributed by atoms with Gasteiger partial charge >= 0.3 is 0 Å². The van der Waals surface area contributed by atoms with Gasteiger partial charge in [-0.05, 0) is 49.4 Å². The molecular formula is C20H15ClN4O4S. The van der Waals surface area contributed by atoms with Crippen molar-refractivity contribution in [3.63, 3.8) is 0 Å². The molecule has 0 aliphatic heterocycles. The molecule has 0 aliphatic rings. The lowest BCUT2D eigenvalue weighted by Gasteiger charge is -2.08. The highest BCUT2D eigenvalue weighted by Crippen LogP contribution is 2.26. The number of anilines is 2. The predicted octanol–water partition coefficient (Wildman–Crippen LogP) is 4.24. The maximum absolute atomic E-state index is 12.6. The summed E-state index contributed by atoms with van der Waals surface area (Å²) in [5.74, 6) is -0.179. The number of aryl methyl sites for hydroxylation is 1. The van der Waals surface area contributed by atoms with E-state index >= 15 is 0 Å². The zero-order valence-electron chi connectivity index (χ0n) is 15.6. The summed E-state index contributed by atoms with van der Waals surface area (Å²) in [6, 6.07) is 15.9. The molecule has 0 saturated heterocycles. The van der Waals surface area contributed by atoms with E-state index in [1.807, 2.05) is 25.1 Å². The Kier molecular flexibility index (Phi) is 5.15. The molecule has 2 N–H and O–H groups in total. The minimum atomic E-state index is -3.87. The second-order valence-electron chi connectivity index (χ2n) is 6.38. The smallest absolute Gasteiger partial charge is 0.291 e. The van der Waals surface area contributed by atoms with E-state index in [1.54, 1.807) is 6.07 Å². The Labute approximate surface area is 176 Å². The van der Waals surface area contributed by atoms with Crippen molar-refractivity contribution in [1.29, 1.82) is 0 Å². The molecule has 0 atom stereocenters. The van der Waals surface area contributed by atoms with E-state index in [1.165, 1.54) is 36.4 Å². The first-order valence-corrected chi connectivity index (χ1v) is 10.6. The number of furan rings is 1. The topological polar surface area (TPSA) is 114 Å². The lowest BCUT2D eigenvalue weighted by molar-refractivity contribution is 0.0998. The van der Waals surface area contributed by atoms with Gasteiger partial charge in [0, 0.05) is 16.6 Å². The second kappa shape index (κ2) is 7.77. The molecule has 2 heterocycles. The number of hydrogen-bond acceptors (Lipinski definition) is 6. The third kappa shape index (κ3) is 3.98. The zero-order valence-corrected chi connectivity index (χ0v) is 17.2. The Morgan fingerprint density at radius 3 is 2.40 bits per heavy atom. The van der Waals surface area contributed by atoms with Crippen molar-refractivity contribution in [2.75, 3.05) is 10.0 Å². The minimum absolute atomic E-state index is 0.00262. The molecule has 0 fully saturated rings. The van der Waals surface area contributed by atoms with E-state index in [2.05, 4.69) is 20.2 Å². The summed E-state index contributed by atoms with van der Waals surface area (Å²) in [6.45, 7) is 1.81. The number of nitrogens with one attached hydrogen (secondary N) is 2. The maximum atomic E-state index is 12.6. The van der Waals surface area contributed by atoms with Crippen LogP contribution in [-0.2, 0) is 10.0 Å². The van der Waals surface area contributed by atoms with Gasteiger partial charge in [0.15, 0.2) is 16.7 Å². The van der Waals surface area contributed by atoms with Crippen LogP contribution in [-0.4, -0.2) is 24.5 Å². The number of benzene rings is 2. The molecule has 0 spiro atoms. The number of rotatable bonds is 5. The van der Waals surface area contributed by atoms with Gasteiger partial charge in [-0.2, -0.15) is 0 Å². The Bertz CT molecular complexity index is 1330. The fourth-order valence-electron chi connectivity index (χ4n) is 2.86. The van der Waals surface area contributed by atoms with Crippen LogP contribution in [0.3, 0.4) is 0 Å². The standard InChI is InChI=1S/C20H15ClN4O4S/c1-12-15-4-2-3-5-16(15)29-19(12)20(26)22-13-6-8-14(9-7-13)30(27,28)25-18-11-10-17(21)23-24-18/h2-11H,1H3,(H,22,26)(H,24,25). The average molecular weight is 443 g/mol. The molecule has 4 aromatic rings. The van der Waals surface area contributed by atoms with Crippen molar-refractivity contribution in [2.45, 2.75) is 11.8 Å². The van der Waals surface area contributed by atoms with Crippen molar-refractivity contribution in [2.24, 2.45) is 0 Å². The largest absolute Gasteiger partial charge is 0.451 e. The van der Waals surface area contributed by atoms with Crippen LogP contribution in [0.4, 0.5) is 11.5 Å². The maximum Gasteiger partial charge on any atom is 0.291 e. The molecule has 0 aliphatic carbocycles. The van der Waals surface area contributed by atoms with Crippen LogP contribution < -0.4 is 10.0 Å². The fraction of sp³-hybridized carbons (Fsp3) is 0.0500. The van der Waals surface area contributed by atoms with Gasteiger partial charge in [0.1, 0.15) is 5.58 Å². The molecule has 30 heavy (non-hydrogen) atoms. The summed E-state index contributed by atoms with van der Waals surface area (Å²) >= 11 is 5.64. The number of sulfonamides is 1. The van der Waals surface area contributed by atoms with Crippen molar-refractivity contribution in [3.05, 3.63) is 77.1 Å². The molecule has 0 bridgehead atoms. The molecule has 2 aromatic heterocycles. The number of carbonyl (C=O) groups excluding carboxylic acids is 1. The van der Waals surface area contributed by atoms with Crippen molar-refractivity contribution >= 4 is 50.0 Å². The van der Waals surface area contributed by atoms with E-state index < -0.39 is 15.9 Å². The second-order valence-corrected chi connectivity index (χ2v) is 8.45. The average Bonchev–Trinajstić information content (AvgIpc) is 3.07. The van der Waals surface area contributed by atoms with E-state index in [-0.39, 0.29) is 21.6 Å². The monoisotopic (exact) mass is 442 g/mol. The van der Waals surface area contributed by atoms with Crippen LogP contribution in [0, 0.1) is 6.92 Å². The Morgan fingerprint density at radius 1 is 1.00 bits per heavy atom. The number of carbonyl (C=O) groups is 1. The molecule has 8 nitrogen and oxygen atoms in total. The Hall–Kier alpha value is -3.43. The van der Waals surface area contributed by atoms with E-state index in [4.69, 9.17) is 16.0 Å². The van der Waals surface area contributed by atoms with Gasteiger partial charge < -0.3 is 9.73 Å². The number of para-hydroxylation sites is 1. The zero-order chi connectivity index (χ0) is 21.3. The first-order chi connectivity index (χ1) is 14.3. The van der Waals surface area contributed by atoms with Gasteiger partial charge in [0.2, 0.25) is 0 Å². The molecule has 0 radical (unpaired) electrons. The number of hydrogen-bond donors (Lipinski definition) is 2. The van der Waals surface area contributed by atoms with Gasteiger partial charge in [-0.25, -0.2) is 8.42 Å². The molecule has 152 valence electrons. The summed E-state index contributed by atoms with van der Waals surface area (Å²) in [5, 5.41) is 11.0. The predicted molar refractivity (Wildman–Crippen MR) is 113 cm³/mol. The van der Waals surface area contributed by atoms with E-state index in [0.717, 1.165) is 10.9 Å². The fourth-order valence-corrected chi connectivity index (χ4v) is 3.96. The number of nitrogens with zero attached hydrogens (tertiary/aromatic N) is 2. The summed E-state index contributed by atoms with van der Waals surface area (Å²) in [7, 11) is -3.87. The normalized spacial score (nSPS) is 11.4. The van der Waals surface area contributed by atoms with Gasteiger partial charge in [0.05, 0.1) is 4.90 Å². The molecule has 0 unspecified atom stereocenters. The molecule has 0 saturated carbocycles. The van der Waals surface area contributed by atoms with Crippen LogP contribution in [0.1, 0.15) is 16.1 Å². The summed E-state index contributed by atoms with van der Waals surface area (Å²) in [4.78, 5) is 12.6.